The van der Waals surface area contributed by atoms with Gasteiger partial charge in [-0.2, -0.15) is 0 Å². The minimum atomic E-state index is -0.874. The second kappa shape index (κ2) is 11.5. The molecule has 0 unspecified atom stereocenters. The fourth-order valence-electron chi connectivity index (χ4n) is 5.46. The fraction of sp³-hybridized carbons (Fsp3) is 0.0556. The molecule has 0 aromatic heterocycles. The molecule has 0 amide bonds. The van der Waals surface area contributed by atoms with E-state index in [-0.39, 0.29) is 0 Å². The Morgan fingerprint density at radius 2 is 1.30 bits per heavy atom. The van der Waals surface area contributed by atoms with E-state index >= 15 is 4.39 Å². The van der Waals surface area contributed by atoms with Crippen molar-refractivity contribution in [3.8, 4) is 0 Å². The Morgan fingerprint density at radius 3 is 1.73 bits per heavy atom. The summed E-state index contributed by atoms with van der Waals surface area (Å²) in [5.41, 5.74) is 8.41. The number of fused-ring (bicyclic) bond motifs is 2. The van der Waals surface area contributed by atoms with Gasteiger partial charge in [-0.05, 0) is 74.8 Å². The first-order valence-electron chi connectivity index (χ1n) is 12.1. The van der Waals surface area contributed by atoms with Crippen LogP contribution in [0.5, 0.6) is 0 Å². The Labute approximate surface area is 221 Å². The van der Waals surface area contributed by atoms with Crippen molar-refractivity contribution in [2.45, 2.75) is 12.3 Å². The van der Waals surface area contributed by atoms with Gasteiger partial charge in [0.25, 0.3) is 0 Å². The second-order valence-corrected chi connectivity index (χ2v) is 8.46. The van der Waals surface area contributed by atoms with E-state index in [0.717, 1.165) is 55.7 Å². The average molecular weight is 485 g/mol. The fourth-order valence-corrected chi connectivity index (χ4v) is 5.46. The van der Waals surface area contributed by atoms with E-state index in [1.807, 2.05) is 55.5 Å². The summed E-state index contributed by atoms with van der Waals surface area (Å²) in [6.07, 6.45) is 25.4. The van der Waals surface area contributed by atoms with Gasteiger partial charge in [0.05, 0.1) is 5.41 Å². The molecule has 3 rings (SSSR count). The van der Waals surface area contributed by atoms with Gasteiger partial charge >= 0.3 is 0 Å². The third kappa shape index (κ3) is 4.13. The van der Waals surface area contributed by atoms with Crippen LogP contribution in [0.3, 0.4) is 0 Å². The van der Waals surface area contributed by atoms with Gasteiger partial charge in [-0.15, -0.1) is 0 Å². The number of hydrogen-bond acceptors (Lipinski definition) is 0. The SMILES string of the molecule is C=C/C=C\C1=C(C=C)C(C=C)=C(/C=C\C=C)C12C(/C=C(/F)C=C)=C(C=C)c1c2ccc(C=C)c1/C=C\C. The molecule has 1 aromatic carbocycles. The molecule has 184 valence electrons. The number of rotatable bonds is 11. The predicted molar refractivity (Wildman–Crippen MR) is 163 cm³/mol. The van der Waals surface area contributed by atoms with E-state index in [9.17, 15) is 0 Å². The highest BCUT2D eigenvalue weighted by molar-refractivity contribution is 5.98. The first kappa shape index (κ1) is 27.1. The van der Waals surface area contributed by atoms with Gasteiger partial charge in [-0.25, -0.2) is 4.39 Å². The zero-order chi connectivity index (χ0) is 27.2. The maximum absolute atomic E-state index is 15.2. The summed E-state index contributed by atoms with van der Waals surface area (Å²) in [5, 5.41) is 0. The van der Waals surface area contributed by atoms with Crippen LogP contribution in [-0.4, -0.2) is 0 Å². The molecule has 37 heavy (non-hydrogen) atoms. The largest absolute Gasteiger partial charge is 0.207 e. The Hall–Kier alpha value is -4.49. The molecule has 0 bridgehead atoms. The Kier molecular flexibility index (Phi) is 8.42. The molecule has 0 radical (unpaired) electrons. The van der Waals surface area contributed by atoms with Crippen LogP contribution in [0.2, 0.25) is 0 Å². The molecule has 2 aliphatic rings. The lowest BCUT2D eigenvalue weighted by Gasteiger charge is -2.34. The Bertz CT molecular complexity index is 1390. The first-order valence-corrected chi connectivity index (χ1v) is 12.1. The smallest absolute Gasteiger partial charge is 0.122 e. The van der Waals surface area contributed by atoms with Gasteiger partial charge in [-0.1, -0.05) is 131 Å². The number of hydrogen-bond donors (Lipinski definition) is 0. The maximum atomic E-state index is 15.2. The summed E-state index contributed by atoms with van der Waals surface area (Å²) in [7, 11) is 0. The summed E-state index contributed by atoms with van der Waals surface area (Å²) < 4.78 is 15.2. The monoisotopic (exact) mass is 484 g/mol. The zero-order valence-electron chi connectivity index (χ0n) is 21.6. The van der Waals surface area contributed by atoms with Crippen LogP contribution < -0.4 is 0 Å². The van der Waals surface area contributed by atoms with Crippen molar-refractivity contribution < 1.29 is 4.39 Å². The summed E-state index contributed by atoms with van der Waals surface area (Å²) in [5.74, 6) is -0.440. The van der Waals surface area contributed by atoms with Crippen molar-refractivity contribution in [1.82, 2.24) is 0 Å². The van der Waals surface area contributed by atoms with Gasteiger partial charge in [0.15, 0.2) is 0 Å². The van der Waals surface area contributed by atoms with Gasteiger partial charge in [-0.3, -0.25) is 0 Å². The van der Waals surface area contributed by atoms with Crippen molar-refractivity contribution in [2.75, 3.05) is 0 Å². The zero-order valence-corrected chi connectivity index (χ0v) is 21.6. The van der Waals surface area contributed by atoms with E-state index < -0.39 is 11.2 Å². The summed E-state index contributed by atoms with van der Waals surface area (Å²) in [6.45, 7) is 29.9. The summed E-state index contributed by atoms with van der Waals surface area (Å²) >= 11 is 0. The van der Waals surface area contributed by atoms with Crippen LogP contribution in [0.4, 0.5) is 4.39 Å². The average Bonchev–Trinajstić information content (AvgIpc) is 3.35. The van der Waals surface area contributed by atoms with Crippen molar-refractivity contribution in [2.24, 2.45) is 0 Å². The van der Waals surface area contributed by atoms with Crippen LogP contribution in [-0.2, 0) is 5.41 Å². The molecule has 1 aromatic rings. The lowest BCUT2D eigenvalue weighted by atomic mass is 9.67. The third-order valence-corrected chi connectivity index (χ3v) is 6.77. The van der Waals surface area contributed by atoms with Crippen molar-refractivity contribution in [1.29, 1.82) is 0 Å². The molecule has 0 fully saturated rings. The standard InChI is InChI=1S/C36H33F/c1-9-17-20-31-27(14-6)28(15-7)32(21-18-10-2)36(31)33-23-22-25(12-4)30(19-11-3)35(33)29(16-8)34(36)24-26(37)13-5/h9-24H,1-2,4-8H2,3H3/b19-11-,20-17-,21-18-,26-24+. The van der Waals surface area contributed by atoms with Crippen LogP contribution in [0.15, 0.2) is 165 Å². The normalized spacial score (nSPS) is 16.9. The van der Waals surface area contributed by atoms with Gasteiger partial charge in [0, 0.05) is 0 Å². The van der Waals surface area contributed by atoms with Crippen molar-refractivity contribution >= 4 is 17.7 Å². The van der Waals surface area contributed by atoms with Gasteiger partial charge in [0.1, 0.15) is 5.83 Å². The molecule has 1 heteroatoms. The minimum absolute atomic E-state index is 0.440. The first-order chi connectivity index (χ1) is 18.0. The highest BCUT2D eigenvalue weighted by Crippen LogP contribution is 2.62. The molecule has 1 spiro atoms. The lowest BCUT2D eigenvalue weighted by molar-refractivity contribution is 0.660. The van der Waals surface area contributed by atoms with E-state index in [1.165, 1.54) is 6.08 Å². The Morgan fingerprint density at radius 1 is 0.730 bits per heavy atom. The molecular weight excluding hydrogens is 451 g/mol. The van der Waals surface area contributed by atoms with Gasteiger partial charge < -0.3 is 0 Å². The van der Waals surface area contributed by atoms with Crippen molar-refractivity contribution in [3.05, 3.63) is 187 Å². The summed E-state index contributed by atoms with van der Waals surface area (Å²) in [4.78, 5) is 0. The molecule has 0 atom stereocenters. The van der Waals surface area contributed by atoms with Crippen LogP contribution in [0.25, 0.3) is 17.7 Å². The third-order valence-electron chi connectivity index (χ3n) is 6.77. The molecule has 2 aliphatic carbocycles. The van der Waals surface area contributed by atoms with E-state index in [2.05, 4.69) is 64.3 Å². The topological polar surface area (TPSA) is 0 Å². The predicted octanol–water partition coefficient (Wildman–Crippen LogP) is 10.1. The van der Waals surface area contributed by atoms with Crippen LogP contribution >= 0.6 is 0 Å². The second-order valence-electron chi connectivity index (χ2n) is 8.46. The number of allylic oxidation sites excluding steroid dienone is 19. The minimum Gasteiger partial charge on any atom is -0.207 e. The number of halogens is 1. The highest BCUT2D eigenvalue weighted by atomic mass is 19.1. The van der Waals surface area contributed by atoms with Gasteiger partial charge in [0.2, 0.25) is 0 Å². The lowest BCUT2D eigenvalue weighted by Crippen LogP contribution is -2.28. The molecular formula is C36H33F. The van der Waals surface area contributed by atoms with Crippen molar-refractivity contribution in [3.63, 3.8) is 0 Å². The van der Waals surface area contributed by atoms with Crippen LogP contribution in [0.1, 0.15) is 29.2 Å². The maximum Gasteiger partial charge on any atom is 0.122 e. The Balaban J connectivity index is 2.78. The molecule has 0 N–H and O–H groups in total. The molecule has 0 saturated carbocycles. The molecule has 0 nitrogen and oxygen atoms in total. The van der Waals surface area contributed by atoms with E-state index in [1.54, 1.807) is 24.3 Å². The molecule has 0 saturated heterocycles. The quantitative estimate of drug-likeness (QED) is 0.274. The highest BCUT2D eigenvalue weighted by Gasteiger charge is 2.53. The molecule has 0 aliphatic heterocycles. The number of benzene rings is 1. The van der Waals surface area contributed by atoms with E-state index in [0.29, 0.717) is 0 Å². The van der Waals surface area contributed by atoms with E-state index in [4.69, 9.17) is 0 Å². The summed E-state index contributed by atoms with van der Waals surface area (Å²) in [6, 6.07) is 4.16. The van der Waals surface area contributed by atoms with Crippen LogP contribution in [0, 0.1) is 0 Å². The molecule has 0 heterocycles.